The predicted octanol–water partition coefficient (Wildman–Crippen LogP) is 4.85. The van der Waals surface area contributed by atoms with Crippen LogP contribution in [0.1, 0.15) is 85.5 Å². The maximum absolute atomic E-state index is 12.3. The molecule has 2 aliphatic carbocycles. The summed E-state index contributed by atoms with van der Waals surface area (Å²) in [5.74, 6) is 1.25. The molecule has 5 atom stereocenters. The molecule has 0 radical (unpaired) electrons. The summed E-state index contributed by atoms with van der Waals surface area (Å²) in [6.45, 7) is 8.35. The zero-order valence-corrected chi connectivity index (χ0v) is 19.2. The van der Waals surface area contributed by atoms with Crippen LogP contribution in [-0.2, 0) is 4.79 Å². The third-order valence-electron chi connectivity index (χ3n) is 6.88. The van der Waals surface area contributed by atoms with Crippen LogP contribution in [0.2, 0.25) is 0 Å². The number of allylic oxidation sites excluding steroid dienone is 2. The molecule has 166 valence electrons. The predicted molar refractivity (Wildman–Crippen MR) is 119 cm³/mol. The number of amides is 1. The molecule has 1 amide bonds. The number of aliphatic hydroxyl groups excluding tert-OH is 2. The Morgan fingerprint density at radius 3 is 2.69 bits per heavy atom. The number of rotatable bonds is 10. The van der Waals surface area contributed by atoms with Crippen LogP contribution in [0.5, 0.6) is 0 Å². The van der Waals surface area contributed by atoms with Gasteiger partial charge in [-0.3, -0.25) is 4.79 Å². The minimum Gasteiger partial charge on any atom is -0.392 e. The van der Waals surface area contributed by atoms with Gasteiger partial charge in [0.1, 0.15) is 0 Å². The van der Waals surface area contributed by atoms with E-state index in [1.54, 1.807) is 0 Å². The molecular weight excluding hydrogens is 362 g/mol. The van der Waals surface area contributed by atoms with E-state index in [4.69, 9.17) is 0 Å². The number of aliphatic hydroxyl groups is 2. The summed E-state index contributed by atoms with van der Waals surface area (Å²) in [6.07, 6.45) is 14.1. The van der Waals surface area contributed by atoms with E-state index in [1.807, 2.05) is 18.0 Å². The Morgan fingerprint density at radius 2 is 2.03 bits per heavy atom. The fraction of sp³-hybridized carbons (Fsp3) is 0.800. The zero-order valence-electron chi connectivity index (χ0n) is 19.2. The van der Waals surface area contributed by atoms with Gasteiger partial charge in [0.05, 0.1) is 12.2 Å². The van der Waals surface area contributed by atoms with Gasteiger partial charge in [-0.1, -0.05) is 50.0 Å². The first-order valence-corrected chi connectivity index (χ1v) is 11.6. The summed E-state index contributed by atoms with van der Waals surface area (Å²) in [6, 6.07) is 0. The Hall–Kier alpha value is -1.13. The van der Waals surface area contributed by atoms with Gasteiger partial charge in [0, 0.05) is 24.9 Å². The second-order valence-corrected chi connectivity index (χ2v) is 10.2. The van der Waals surface area contributed by atoms with Crippen molar-refractivity contribution in [2.75, 3.05) is 7.05 Å². The standard InChI is InChI=1S/C25H43NO3/c1-6-7-8-11-20(27)13-14-21-22-16-18(15-19(22)17-23(21)28)10-9-12-24(29)26(5)25(2,3)4/h13-15,19-23,27-28H,6-12,16-17H2,1-5H3/t19-,20-,21+,22-,23+/m0/s1. The van der Waals surface area contributed by atoms with Gasteiger partial charge in [-0.15, -0.1) is 0 Å². The molecule has 0 aromatic rings. The number of hydrogen-bond donors (Lipinski definition) is 2. The van der Waals surface area contributed by atoms with Crippen molar-refractivity contribution in [1.29, 1.82) is 0 Å². The molecule has 1 fully saturated rings. The van der Waals surface area contributed by atoms with Crippen molar-refractivity contribution < 1.29 is 15.0 Å². The Morgan fingerprint density at radius 1 is 1.31 bits per heavy atom. The lowest BCUT2D eigenvalue weighted by atomic mass is 9.88. The first-order valence-electron chi connectivity index (χ1n) is 11.6. The maximum Gasteiger partial charge on any atom is 0.222 e. The highest BCUT2D eigenvalue weighted by Crippen LogP contribution is 2.48. The molecule has 0 aliphatic heterocycles. The molecule has 2 rings (SSSR count). The highest BCUT2D eigenvalue weighted by Gasteiger charge is 2.43. The summed E-state index contributed by atoms with van der Waals surface area (Å²) in [5.41, 5.74) is 1.32. The maximum atomic E-state index is 12.3. The quantitative estimate of drug-likeness (QED) is 0.403. The molecule has 0 saturated heterocycles. The number of nitrogens with zero attached hydrogens (tertiary/aromatic N) is 1. The topological polar surface area (TPSA) is 60.8 Å². The summed E-state index contributed by atoms with van der Waals surface area (Å²) in [5, 5.41) is 20.6. The zero-order chi connectivity index (χ0) is 21.6. The SMILES string of the molecule is CCCCC[C@H](O)C=C[C@@H]1[C@H]2CC(CCCC(=O)N(C)C(C)(C)C)=C[C@H]2C[C@H]1O. The van der Waals surface area contributed by atoms with Crippen molar-refractivity contribution in [1.82, 2.24) is 4.90 Å². The first kappa shape index (κ1) is 24.1. The molecule has 0 heterocycles. The van der Waals surface area contributed by atoms with Gasteiger partial charge in [-0.2, -0.15) is 0 Å². The van der Waals surface area contributed by atoms with Crippen LogP contribution < -0.4 is 0 Å². The smallest absolute Gasteiger partial charge is 0.222 e. The average Bonchev–Trinajstić information content (AvgIpc) is 3.15. The minimum atomic E-state index is -0.396. The Bertz CT molecular complexity index is 589. The molecule has 2 aliphatic rings. The van der Waals surface area contributed by atoms with Crippen LogP contribution in [0.25, 0.3) is 0 Å². The van der Waals surface area contributed by atoms with Crippen LogP contribution in [-0.4, -0.2) is 45.8 Å². The largest absolute Gasteiger partial charge is 0.392 e. The molecule has 0 unspecified atom stereocenters. The van der Waals surface area contributed by atoms with Crippen molar-refractivity contribution in [3.05, 3.63) is 23.8 Å². The van der Waals surface area contributed by atoms with Crippen LogP contribution in [0, 0.1) is 17.8 Å². The van der Waals surface area contributed by atoms with Crippen molar-refractivity contribution >= 4 is 5.91 Å². The fourth-order valence-electron chi connectivity index (χ4n) is 4.76. The van der Waals surface area contributed by atoms with E-state index in [-0.39, 0.29) is 23.5 Å². The summed E-state index contributed by atoms with van der Waals surface area (Å²) < 4.78 is 0. The van der Waals surface area contributed by atoms with Crippen molar-refractivity contribution in [2.45, 2.75) is 103 Å². The van der Waals surface area contributed by atoms with Crippen LogP contribution in [0.4, 0.5) is 0 Å². The molecule has 4 heteroatoms. The van der Waals surface area contributed by atoms with Gasteiger partial charge in [0.15, 0.2) is 0 Å². The van der Waals surface area contributed by atoms with Crippen LogP contribution >= 0.6 is 0 Å². The van der Waals surface area contributed by atoms with Crippen LogP contribution in [0.15, 0.2) is 23.8 Å². The molecule has 0 aromatic carbocycles. The molecule has 1 saturated carbocycles. The normalized spacial score (nSPS) is 27.9. The second kappa shape index (κ2) is 10.8. The van der Waals surface area contributed by atoms with E-state index in [1.165, 1.54) is 5.57 Å². The van der Waals surface area contributed by atoms with Gasteiger partial charge in [0.25, 0.3) is 0 Å². The van der Waals surface area contributed by atoms with E-state index in [9.17, 15) is 15.0 Å². The minimum absolute atomic E-state index is 0.127. The third-order valence-corrected chi connectivity index (χ3v) is 6.88. The molecular formula is C25H43NO3. The van der Waals surface area contributed by atoms with Gasteiger partial charge in [0.2, 0.25) is 5.91 Å². The van der Waals surface area contributed by atoms with Gasteiger partial charge >= 0.3 is 0 Å². The summed E-state index contributed by atoms with van der Waals surface area (Å²) in [7, 11) is 1.89. The van der Waals surface area contributed by atoms with Gasteiger partial charge < -0.3 is 15.1 Å². The second-order valence-electron chi connectivity index (χ2n) is 10.2. The lowest BCUT2D eigenvalue weighted by Crippen LogP contribution is -2.42. The first-order chi connectivity index (χ1) is 13.6. The Kier molecular flexibility index (Phi) is 8.96. The highest BCUT2D eigenvalue weighted by atomic mass is 16.3. The highest BCUT2D eigenvalue weighted by molar-refractivity contribution is 5.76. The number of carbonyl (C=O) groups excluding carboxylic acids is 1. The Balaban J connectivity index is 1.80. The molecule has 0 aromatic heterocycles. The molecule has 0 spiro atoms. The Labute approximate surface area is 178 Å². The molecule has 2 N–H and O–H groups in total. The van der Waals surface area contributed by atoms with E-state index in [0.29, 0.717) is 18.3 Å². The third kappa shape index (κ3) is 6.96. The van der Waals surface area contributed by atoms with E-state index >= 15 is 0 Å². The number of hydrogen-bond acceptors (Lipinski definition) is 3. The van der Waals surface area contributed by atoms with E-state index < -0.39 is 6.10 Å². The molecule has 0 bridgehead atoms. The van der Waals surface area contributed by atoms with E-state index in [2.05, 4.69) is 39.8 Å². The van der Waals surface area contributed by atoms with E-state index in [0.717, 1.165) is 51.4 Å². The number of unbranched alkanes of at least 4 members (excludes halogenated alkanes) is 2. The monoisotopic (exact) mass is 405 g/mol. The van der Waals surface area contributed by atoms with Crippen molar-refractivity contribution in [3.8, 4) is 0 Å². The van der Waals surface area contributed by atoms with Gasteiger partial charge in [-0.05, 0) is 64.7 Å². The summed E-state index contributed by atoms with van der Waals surface area (Å²) >= 11 is 0. The lowest BCUT2D eigenvalue weighted by molar-refractivity contribution is -0.134. The molecule has 4 nitrogen and oxygen atoms in total. The van der Waals surface area contributed by atoms with Crippen molar-refractivity contribution in [2.24, 2.45) is 17.8 Å². The van der Waals surface area contributed by atoms with Gasteiger partial charge in [-0.25, -0.2) is 0 Å². The summed E-state index contributed by atoms with van der Waals surface area (Å²) in [4.78, 5) is 14.2. The number of carbonyl (C=O) groups is 1. The molecule has 29 heavy (non-hydrogen) atoms. The average molecular weight is 406 g/mol. The van der Waals surface area contributed by atoms with Crippen molar-refractivity contribution in [3.63, 3.8) is 0 Å². The lowest BCUT2D eigenvalue weighted by Gasteiger charge is -2.32. The number of fused-ring (bicyclic) bond motifs is 1. The van der Waals surface area contributed by atoms with Crippen LogP contribution in [0.3, 0.4) is 0 Å². The fourth-order valence-corrected chi connectivity index (χ4v) is 4.76.